The molecule has 1 atom stereocenters. The molecule has 0 bridgehead atoms. The van der Waals surface area contributed by atoms with Crippen molar-refractivity contribution in [2.45, 2.75) is 26.2 Å². The predicted octanol–water partition coefficient (Wildman–Crippen LogP) is 1.79. The van der Waals surface area contributed by atoms with Crippen molar-refractivity contribution in [2.75, 3.05) is 26.3 Å². The normalized spacial score (nSPS) is 22.1. The Morgan fingerprint density at radius 1 is 1.64 bits per heavy atom. The number of halogens is 1. The lowest BCUT2D eigenvalue weighted by Crippen LogP contribution is -2.45. The first-order chi connectivity index (χ1) is 6.74. The van der Waals surface area contributed by atoms with Gasteiger partial charge in [-0.15, -0.1) is 0 Å². The van der Waals surface area contributed by atoms with Crippen molar-refractivity contribution in [3.8, 4) is 0 Å². The number of piperidine rings is 1. The number of amides is 2. The SMILES string of the molecule is CC1CCCN(C(=O)NCCCF)C1. The van der Waals surface area contributed by atoms with Gasteiger partial charge in [0.15, 0.2) is 0 Å². The van der Waals surface area contributed by atoms with Crippen LogP contribution in [0.2, 0.25) is 0 Å². The topological polar surface area (TPSA) is 32.3 Å². The summed E-state index contributed by atoms with van der Waals surface area (Å²) in [6.45, 7) is 3.91. The molecule has 0 radical (unpaired) electrons. The van der Waals surface area contributed by atoms with Crippen LogP contribution in [0.25, 0.3) is 0 Å². The maximum absolute atomic E-state index is 11.8. The minimum absolute atomic E-state index is 0.0370. The Hall–Kier alpha value is -0.800. The summed E-state index contributed by atoms with van der Waals surface area (Å²) in [5.41, 5.74) is 0. The summed E-state index contributed by atoms with van der Waals surface area (Å²) in [6.07, 6.45) is 2.70. The van der Waals surface area contributed by atoms with Gasteiger partial charge < -0.3 is 10.2 Å². The van der Waals surface area contributed by atoms with Gasteiger partial charge in [-0.05, 0) is 25.2 Å². The number of nitrogens with zero attached hydrogens (tertiary/aromatic N) is 1. The van der Waals surface area contributed by atoms with Gasteiger partial charge in [-0.2, -0.15) is 0 Å². The lowest BCUT2D eigenvalue weighted by Gasteiger charge is -2.30. The highest BCUT2D eigenvalue weighted by atomic mass is 19.1. The van der Waals surface area contributed by atoms with Crippen LogP contribution in [-0.2, 0) is 0 Å². The van der Waals surface area contributed by atoms with Gasteiger partial charge in [0.2, 0.25) is 0 Å². The molecule has 0 aromatic rings. The van der Waals surface area contributed by atoms with Crippen LogP contribution in [0.1, 0.15) is 26.2 Å². The fourth-order valence-electron chi connectivity index (χ4n) is 1.75. The molecule has 1 aliphatic rings. The first kappa shape index (κ1) is 11.3. The van der Waals surface area contributed by atoms with Crippen molar-refractivity contribution in [2.24, 2.45) is 5.92 Å². The zero-order valence-electron chi connectivity index (χ0n) is 8.76. The van der Waals surface area contributed by atoms with Gasteiger partial charge >= 0.3 is 6.03 Å². The highest BCUT2D eigenvalue weighted by molar-refractivity contribution is 5.74. The quantitative estimate of drug-likeness (QED) is 0.695. The van der Waals surface area contributed by atoms with E-state index in [1.807, 2.05) is 4.90 Å². The minimum atomic E-state index is -0.364. The molecule has 0 aromatic heterocycles. The molecule has 0 aliphatic carbocycles. The average molecular weight is 202 g/mol. The standard InChI is InChI=1S/C10H19FN2O/c1-9-4-2-7-13(8-9)10(14)12-6-3-5-11/h9H,2-8H2,1H3,(H,12,14). The van der Waals surface area contributed by atoms with Crippen LogP contribution in [0.5, 0.6) is 0 Å². The van der Waals surface area contributed by atoms with E-state index in [0.29, 0.717) is 18.9 Å². The largest absolute Gasteiger partial charge is 0.338 e. The van der Waals surface area contributed by atoms with E-state index in [0.717, 1.165) is 19.5 Å². The molecule has 1 fully saturated rings. The summed E-state index contributed by atoms with van der Waals surface area (Å²) < 4.78 is 11.8. The number of alkyl halides is 1. The monoisotopic (exact) mass is 202 g/mol. The summed E-state index contributed by atoms with van der Waals surface area (Å²) in [6, 6.07) is -0.0370. The molecule has 1 saturated heterocycles. The molecular formula is C10H19FN2O. The maximum Gasteiger partial charge on any atom is 0.317 e. The Morgan fingerprint density at radius 3 is 3.07 bits per heavy atom. The lowest BCUT2D eigenvalue weighted by atomic mass is 10.0. The number of carbonyl (C=O) groups is 1. The highest BCUT2D eigenvalue weighted by Crippen LogP contribution is 2.14. The van der Waals surface area contributed by atoms with Crippen LogP contribution in [-0.4, -0.2) is 37.2 Å². The number of urea groups is 1. The summed E-state index contributed by atoms with van der Waals surface area (Å²) in [5, 5.41) is 2.72. The van der Waals surface area contributed by atoms with Crippen molar-refractivity contribution in [3.05, 3.63) is 0 Å². The minimum Gasteiger partial charge on any atom is -0.338 e. The molecule has 14 heavy (non-hydrogen) atoms. The molecule has 1 heterocycles. The smallest absolute Gasteiger partial charge is 0.317 e. The molecule has 0 spiro atoms. The summed E-state index contributed by atoms with van der Waals surface area (Å²) >= 11 is 0. The third kappa shape index (κ3) is 3.52. The van der Waals surface area contributed by atoms with Gasteiger partial charge in [-0.25, -0.2) is 4.79 Å². The maximum atomic E-state index is 11.8. The Balaban J connectivity index is 2.22. The van der Waals surface area contributed by atoms with Crippen LogP contribution in [0.15, 0.2) is 0 Å². The van der Waals surface area contributed by atoms with Crippen molar-refractivity contribution in [3.63, 3.8) is 0 Å². The van der Waals surface area contributed by atoms with Crippen molar-refractivity contribution >= 4 is 6.03 Å². The van der Waals surface area contributed by atoms with Gasteiger partial charge in [-0.1, -0.05) is 6.92 Å². The van der Waals surface area contributed by atoms with Crippen molar-refractivity contribution in [1.82, 2.24) is 10.2 Å². The molecule has 82 valence electrons. The average Bonchev–Trinajstić information content (AvgIpc) is 2.18. The van der Waals surface area contributed by atoms with E-state index in [1.165, 1.54) is 6.42 Å². The van der Waals surface area contributed by atoms with Crippen LogP contribution in [0, 0.1) is 5.92 Å². The second kappa shape index (κ2) is 5.83. The van der Waals surface area contributed by atoms with Crippen LogP contribution < -0.4 is 5.32 Å². The molecule has 1 rings (SSSR count). The van der Waals surface area contributed by atoms with E-state index >= 15 is 0 Å². The zero-order valence-corrected chi connectivity index (χ0v) is 8.76. The second-order valence-electron chi connectivity index (χ2n) is 3.97. The van der Waals surface area contributed by atoms with E-state index < -0.39 is 0 Å². The fourth-order valence-corrected chi connectivity index (χ4v) is 1.75. The fraction of sp³-hybridized carbons (Fsp3) is 0.900. The number of hydrogen-bond acceptors (Lipinski definition) is 1. The third-order valence-corrected chi connectivity index (χ3v) is 2.53. The molecule has 2 amide bonds. The third-order valence-electron chi connectivity index (χ3n) is 2.53. The van der Waals surface area contributed by atoms with Crippen LogP contribution in [0.4, 0.5) is 9.18 Å². The molecule has 0 saturated carbocycles. The van der Waals surface area contributed by atoms with Crippen molar-refractivity contribution in [1.29, 1.82) is 0 Å². The van der Waals surface area contributed by atoms with Crippen LogP contribution in [0.3, 0.4) is 0 Å². The Bertz CT molecular complexity index is 187. The first-order valence-electron chi connectivity index (χ1n) is 5.32. The number of rotatable bonds is 3. The van der Waals surface area contributed by atoms with Gasteiger partial charge in [0, 0.05) is 19.6 Å². The van der Waals surface area contributed by atoms with Gasteiger partial charge in [-0.3, -0.25) is 4.39 Å². The Morgan fingerprint density at radius 2 is 2.43 bits per heavy atom. The number of likely N-dealkylation sites (tertiary alicyclic amines) is 1. The zero-order chi connectivity index (χ0) is 10.4. The van der Waals surface area contributed by atoms with E-state index in [9.17, 15) is 9.18 Å². The molecule has 3 nitrogen and oxygen atoms in total. The van der Waals surface area contributed by atoms with E-state index in [-0.39, 0.29) is 12.7 Å². The summed E-state index contributed by atoms with van der Waals surface area (Å²) in [7, 11) is 0. The van der Waals surface area contributed by atoms with E-state index in [2.05, 4.69) is 12.2 Å². The van der Waals surface area contributed by atoms with Crippen molar-refractivity contribution < 1.29 is 9.18 Å². The lowest BCUT2D eigenvalue weighted by molar-refractivity contribution is 0.169. The van der Waals surface area contributed by atoms with Gasteiger partial charge in [0.1, 0.15) is 0 Å². The first-order valence-corrected chi connectivity index (χ1v) is 5.32. The molecular weight excluding hydrogens is 183 g/mol. The summed E-state index contributed by atoms with van der Waals surface area (Å²) in [5.74, 6) is 0.593. The Kier molecular flexibility index (Phi) is 4.70. The predicted molar refractivity (Wildman–Crippen MR) is 54.0 cm³/mol. The summed E-state index contributed by atoms with van der Waals surface area (Å²) in [4.78, 5) is 13.3. The molecule has 1 aliphatic heterocycles. The van der Waals surface area contributed by atoms with Gasteiger partial charge in [0.25, 0.3) is 0 Å². The number of carbonyl (C=O) groups excluding carboxylic acids is 1. The molecule has 1 N–H and O–H groups in total. The molecule has 0 aromatic carbocycles. The van der Waals surface area contributed by atoms with Gasteiger partial charge in [0.05, 0.1) is 6.67 Å². The Labute approximate surface area is 84.7 Å². The second-order valence-corrected chi connectivity index (χ2v) is 3.97. The number of hydrogen-bond donors (Lipinski definition) is 1. The number of nitrogens with one attached hydrogen (secondary N) is 1. The molecule has 1 unspecified atom stereocenters. The van der Waals surface area contributed by atoms with E-state index in [4.69, 9.17) is 0 Å². The molecule has 4 heteroatoms. The van der Waals surface area contributed by atoms with Crippen LogP contribution >= 0.6 is 0 Å². The highest BCUT2D eigenvalue weighted by Gasteiger charge is 2.19. The van der Waals surface area contributed by atoms with E-state index in [1.54, 1.807) is 0 Å².